The highest BCUT2D eigenvalue weighted by Gasteiger charge is 1.96. The van der Waals surface area contributed by atoms with E-state index in [0.717, 1.165) is 26.4 Å². The Morgan fingerprint density at radius 2 is 0.452 bits per heavy atom. The quantitative estimate of drug-likeness (QED) is 0.113. The van der Waals surface area contributed by atoms with Crippen molar-refractivity contribution in [1.82, 2.24) is 0 Å². The summed E-state index contributed by atoms with van der Waals surface area (Å²) in [5.74, 6) is 0. The number of ether oxygens (including phenoxy) is 2. The lowest BCUT2D eigenvalue weighted by atomic mass is 10.1. The van der Waals surface area contributed by atoms with E-state index in [1.165, 1.54) is 148 Å². The summed E-state index contributed by atoms with van der Waals surface area (Å²) in [6, 6.07) is 0. The minimum atomic E-state index is 0.975. The van der Waals surface area contributed by atoms with Gasteiger partial charge in [0.25, 0.3) is 0 Å². The molecule has 0 aromatic heterocycles. The molecule has 0 amide bonds. The maximum atomic E-state index is 5.79. The molecule has 0 aliphatic rings. The normalized spacial score (nSPS) is 11.4. The van der Waals surface area contributed by atoms with Gasteiger partial charge in [-0.25, -0.2) is 0 Å². The van der Waals surface area contributed by atoms with Gasteiger partial charge in [0.15, 0.2) is 0 Å². The summed E-state index contributed by atoms with van der Waals surface area (Å²) in [6.07, 6.45) is 31.4. The molecule has 0 unspecified atom stereocenters. The highest BCUT2D eigenvalue weighted by Crippen LogP contribution is 2.11. The van der Waals surface area contributed by atoms with E-state index in [9.17, 15) is 0 Å². The fourth-order valence-electron chi connectivity index (χ4n) is 4.17. The van der Waals surface area contributed by atoms with Crippen molar-refractivity contribution in [3.63, 3.8) is 0 Å². The lowest BCUT2D eigenvalue weighted by Crippen LogP contribution is -1.98. The highest BCUT2D eigenvalue weighted by molar-refractivity contribution is 4.49. The molecule has 0 bridgehead atoms. The standard InChI is InChI=1S/C29H60O2/c1-3-5-7-9-11-14-18-22-26-30-28-24-20-16-13-17-21-25-29-31-27-23-19-15-12-10-8-6-4-2/h3-29H2,1-2H3. The van der Waals surface area contributed by atoms with Gasteiger partial charge in [0, 0.05) is 26.4 Å². The zero-order chi connectivity index (χ0) is 22.5. The third-order valence-corrected chi connectivity index (χ3v) is 6.36. The summed E-state index contributed by atoms with van der Waals surface area (Å²) in [5, 5.41) is 0. The van der Waals surface area contributed by atoms with E-state index in [0.29, 0.717) is 0 Å². The second-order valence-electron chi connectivity index (χ2n) is 9.65. The molecular weight excluding hydrogens is 380 g/mol. The molecule has 0 fully saturated rings. The van der Waals surface area contributed by atoms with E-state index >= 15 is 0 Å². The first-order valence-corrected chi connectivity index (χ1v) is 14.6. The Hall–Kier alpha value is -0.0800. The van der Waals surface area contributed by atoms with Crippen molar-refractivity contribution in [3.05, 3.63) is 0 Å². The number of hydrogen-bond donors (Lipinski definition) is 0. The average Bonchev–Trinajstić information content (AvgIpc) is 2.78. The third kappa shape index (κ3) is 29.9. The number of rotatable bonds is 28. The molecule has 0 atom stereocenters. The van der Waals surface area contributed by atoms with Crippen LogP contribution in [0.15, 0.2) is 0 Å². The van der Waals surface area contributed by atoms with Crippen LogP contribution in [0.4, 0.5) is 0 Å². The molecule has 0 aromatic carbocycles. The van der Waals surface area contributed by atoms with E-state index < -0.39 is 0 Å². The molecule has 0 saturated carbocycles. The van der Waals surface area contributed by atoms with Gasteiger partial charge in [-0.15, -0.1) is 0 Å². The molecular formula is C29H60O2. The van der Waals surface area contributed by atoms with Gasteiger partial charge >= 0.3 is 0 Å². The molecule has 0 heterocycles. The van der Waals surface area contributed by atoms with E-state index in [2.05, 4.69) is 13.8 Å². The van der Waals surface area contributed by atoms with E-state index in [1.807, 2.05) is 0 Å². The third-order valence-electron chi connectivity index (χ3n) is 6.36. The van der Waals surface area contributed by atoms with Gasteiger partial charge < -0.3 is 9.47 Å². The maximum absolute atomic E-state index is 5.79. The monoisotopic (exact) mass is 440 g/mol. The van der Waals surface area contributed by atoms with Crippen LogP contribution >= 0.6 is 0 Å². The van der Waals surface area contributed by atoms with Crippen molar-refractivity contribution >= 4 is 0 Å². The fraction of sp³-hybridized carbons (Fsp3) is 1.00. The van der Waals surface area contributed by atoms with Gasteiger partial charge in [0.05, 0.1) is 0 Å². The van der Waals surface area contributed by atoms with Crippen LogP contribution in [0, 0.1) is 0 Å². The minimum absolute atomic E-state index is 0.975. The average molecular weight is 441 g/mol. The largest absolute Gasteiger partial charge is 0.381 e. The van der Waals surface area contributed by atoms with Crippen LogP contribution in [0.3, 0.4) is 0 Å². The zero-order valence-electron chi connectivity index (χ0n) is 21.9. The van der Waals surface area contributed by atoms with Crippen LogP contribution in [-0.2, 0) is 9.47 Å². The zero-order valence-corrected chi connectivity index (χ0v) is 21.9. The van der Waals surface area contributed by atoms with Crippen LogP contribution in [0.25, 0.3) is 0 Å². The van der Waals surface area contributed by atoms with Gasteiger partial charge in [-0.05, 0) is 25.7 Å². The van der Waals surface area contributed by atoms with Crippen molar-refractivity contribution in [2.75, 3.05) is 26.4 Å². The van der Waals surface area contributed by atoms with Crippen LogP contribution in [0.2, 0.25) is 0 Å². The van der Waals surface area contributed by atoms with E-state index in [1.54, 1.807) is 0 Å². The Bertz CT molecular complexity index is 264. The Kier molecular flexibility index (Phi) is 29.8. The van der Waals surface area contributed by atoms with E-state index in [4.69, 9.17) is 9.47 Å². The molecule has 0 N–H and O–H groups in total. The molecule has 0 spiro atoms. The second-order valence-corrected chi connectivity index (χ2v) is 9.65. The first-order chi connectivity index (χ1) is 15.4. The van der Waals surface area contributed by atoms with Crippen LogP contribution in [0.1, 0.15) is 162 Å². The fourth-order valence-corrected chi connectivity index (χ4v) is 4.17. The van der Waals surface area contributed by atoms with Crippen LogP contribution < -0.4 is 0 Å². The lowest BCUT2D eigenvalue weighted by Gasteiger charge is -2.06. The minimum Gasteiger partial charge on any atom is -0.381 e. The molecule has 188 valence electrons. The van der Waals surface area contributed by atoms with Crippen LogP contribution in [0.5, 0.6) is 0 Å². The van der Waals surface area contributed by atoms with Gasteiger partial charge in [-0.3, -0.25) is 0 Å². The molecule has 2 heteroatoms. The van der Waals surface area contributed by atoms with Crippen molar-refractivity contribution in [3.8, 4) is 0 Å². The number of hydrogen-bond acceptors (Lipinski definition) is 2. The number of unbranched alkanes of at least 4 members (excludes halogenated alkanes) is 20. The molecule has 0 aliphatic carbocycles. The Labute approximate surface area is 197 Å². The summed E-state index contributed by atoms with van der Waals surface area (Å²) >= 11 is 0. The predicted molar refractivity (Wildman–Crippen MR) is 139 cm³/mol. The van der Waals surface area contributed by atoms with Crippen molar-refractivity contribution in [1.29, 1.82) is 0 Å². The summed E-state index contributed by atoms with van der Waals surface area (Å²) in [4.78, 5) is 0. The summed E-state index contributed by atoms with van der Waals surface area (Å²) in [5.41, 5.74) is 0. The van der Waals surface area contributed by atoms with Crippen molar-refractivity contribution in [2.24, 2.45) is 0 Å². The molecule has 0 rings (SSSR count). The van der Waals surface area contributed by atoms with Gasteiger partial charge in [-0.1, -0.05) is 136 Å². The predicted octanol–water partition coefficient (Wildman–Crippen LogP) is 10.0. The SMILES string of the molecule is CCCCCCCCCCOCCCCCCCCCOCCCCCCCCCC. The van der Waals surface area contributed by atoms with Crippen LogP contribution in [-0.4, -0.2) is 26.4 Å². The molecule has 0 aliphatic heterocycles. The molecule has 31 heavy (non-hydrogen) atoms. The van der Waals surface area contributed by atoms with Crippen molar-refractivity contribution in [2.45, 2.75) is 162 Å². The summed E-state index contributed by atoms with van der Waals surface area (Å²) in [6.45, 7) is 8.48. The highest BCUT2D eigenvalue weighted by atomic mass is 16.5. The summed E-state index contributed by atoms with van der Waals surface area (Å²) < 4.78 is 11.6. The molecule has 0 aromatic rings. The first kappa shape index (κ1) is 30.9. The Balaban J connectivity index is 2.98. The molecule has 2 nitrogen and oxygen atoms in total. The smallest absolute Gasteiger partial charge is 0.0466 e. The summed E-state index contributed by atoms with van der Waals surface area (Å²) in [7, 11) is 0. The van der Waals surface area contributed by atoms with Crippen molar-refractivity contribution < 1.29 is 9.47 Å². The Morgan fingerprint density at radius 3 is 0.677 bits per heavy atom. The second kappa shape index (κ2) is 29.9. The topological polar surface area (TPSA) is 18.5 Å². The molecule has 0 saturated heterocycles. The van der Waals surface area contributed by atoms with E-state index in [-0.39, 0.29) is 0 Å². The first-order valence-electron chi connectivity index (χ1n) is 14.6. The Morgan fingerprint density at radius 1 is 0.258 bits per heavy atom. The lowest BCUT2D eigenvalue weighted by molar-refractivity contribution is 0.124. The van der Waals surface area contributed by atoms with Gasteiger partial charge in [0.1, 0.15) is 0 Å². The maximum Gasteiger partial charge on any atom is 0.0466 e. The van der Waals surface area contributed by atoms with Gasteiger partial charge in [-0.2, -0.15) is 0 Å². The molecule has 0 radical (unpaired) electrons. The van der Waals surface area contributed by atoms with Gasteiger partial charge in [0.2, 0.25) is 0 Å².